The minimum Gasteiger partial charge on any atom is -0.493 e. The molecule has 4 heterocycles. The molecule has 6 rings (SSSR count). The number of nitrogens with one attached hydrogen (secondary N) is 1. The molecule has 2 aromatic heterocycles. The predicted octanol–water partition coefficient (Wildman–Crippen LogP) is 6.41. The Hall–Kier alpha value is -4.05. The maximum absolute atomic E-state index is 12.0. The van der Waals surface area contributed by atoms with Crippen molar-refractivity contribution in [2.75, 3.05) is 45.2 Å². The van der Waals surface area contributed by atoms with E-state index in [1.54, 1.807) is 0 Å². The molecule has 9 nitrogen and oxygen atoms in total. The first-order valence-corrected chi connectivity index (χ1v) is 16.9. The number of benzene rings is 2. The van der Waals surface area contributed by atoms with E-state index in [2.05, 4.69) is 70.3 Å². The third-order valence-corrected chi connectivity index (χ3v) is 9.71. The van der Waals surface area contributed by atoms with Gasteiger partial charge in [0.25, 0.3) is 0 Å². The number of anilines is 2. The maximum Gasteiger partial charge on any atom is 0.307 e. The van der Waals surface area contributed by atoms with Crippen LogP contribution in [0, 0.1) is 13.8 Å². The van der Waals surface area contributed by atoms with Gasteiger partial charge in [-0.3, -0.25) is 14.7 Å². The highest BCUT2D eigenvalue weighted by Crippen LogP contribution is 2.36. The van der Waals surface area contributed by atoms with Gasteiger partial charge in [-0.25, -0.2) is 4.98 Å². The Balaban J connectivity index is 1.16. The second-order valence-corrected chi connectivity index (χ2v) is 13.0. The first-order valence-electron chi connectivity index (χ1n) is 16.9. The van der Waals surface area contributed by atoms with Gasteiger partial charge in [0.2, 0.25) is 0 Å². The van der Waals surface area contributed by atoms with Gasteiger partial charge in [-0.1, -0.05) is 30.7 Å². The molecule has 2 aliphatic heterocycles. The summed E-state index contributed by atoms with van der Waals surface area (Å²) in [6, 6.07) is 16.9. The molecule has 2 aliphatic rings. The van der Waals surface area contributed by atoms with Gasteiger partial charge in [0, 0.05) is 55.7 Å². The predicted molar refractivity (Wildman–Crippen MR) is 186 cm³/mol. The van der Waals surface area contributed by atoms with Crippen molar-refractivity contribution in [3.63, 3.8) is 0 Å². The molecule has 2 saturated heterocycles. The van der Waals surface area contributed by atoms with Gasteiger partial charge < -0.3 is 24.8 Å². The lowest BCUT2D eigenvalue weighted by atomic mass is 9.95. The van der Waals surface area contributed by atoms with Crippen LogP contribution in [0.1, 0.15) is 55.2 Å². The number of hydrogen-bond donors (Lipinski definition) is 2. The van der Waals surface area contributed by atoms with Crippen molar-refractivity contribution < 1.29 is 19.4 Å². The highest BCUT2D eigenvalue weighted by atomic mass is 16.5. The van der Waals surface area contributed by atoms with E-state index < -0.39 is 0 Å². The molecular formula is C38H47N5O4. The lowest BCUT2D eigenvalue weighted by Crippen LogP contribution is -2.40. The van der Waals surface area contributed by atoms with Crippen LogP contribution in [-0.4, -0.2) is 82.9 Å². The monoisotopic (exact) mass is 637 g/mol. The summed E-state index contributed by atoms with van der Waals surface area (Å²) in [6.45, 7) is 9.29. The van der Waals surface area contributed by atoms with Crippen LogP contribution in [0.5, 0.6) is 5.75 Å². The van der Waals surface area contributed by atoms with Crippen LogP contribution >= 0.6 is 0 Å². The number of hydrogen-bond acceptors (Lipinski definition) is 9. The van der Waals surface area contributed by atoms with Gasteiger partial charge in [0.15, 0.2) is 5.82 Å². The number of likely N-dealkylation sites (tertiary alicyclic amines) is 2. The fourth-order valence-electron chi connectivity index (χ4n) is 7.03. The number of rotatable bonds is 12. The molecule has 2 fully saturated rings. The number of nitrogens with zero attached hydrogens (tertiary/aromatic N) is 4. The number of esters is 1. The standard InChI is InChI=1S/C38H47N5O4/c1-26-32(33-11-7-13-35(27(33)2)47-20-8-17-42-19-15-31(44)25-42)10-6-12-34(26)41-38-37-29(14-16-39-38)21-28(23-40-37)24-43-18-5-4-9-30(43)22-36(45)46-3/h6-7,10-14,16,21,23,30-31,44H,4-5,8-9,15,17-20,22,24-25H2,1-3H3,(H,39,41). The number of aromatic nitrogens is 2. The average molecular weight is 638 g/mol. The number of fused-ring (bicyclic) bond motifs is 1. The first-order chi connectivity index (χ1) is 22.9. The molecule has 2 unspecified atom stereocenters. The third kappa shape index (κ3) is 7.92. The second kappa shape index (κ2) is 15.2. The summed E-state index contributed by atoms with van der Waals surface area (Å²) in [5, 5.41) is 14.4. The SMILES string of the molecule is COC(=O)CC1CCCCN1Cc1cnc2c(Nc3cccc(-c4cccc(OCCCN5CCC(O)C5)c4C)c3C)nccc2c1. The molecule has 47 heavy (non-hydrogen) atoms. The second-order valence-electron chi connectivity index (χ2n) is 13.0. The van der Waals surface area contributed by atoms with E-state index in [0.29, 0.717) is 13.0 Å². The molecule has 0 radical (unpaired) electrons. The van der Waals surface area contributed by atoms with Crippen LogP contribution in [0.15, 0.2) is 60.9 Å². The molecule has 0 saturated carbocycles. The normalized spacial score (nSPS) is 18.8. The number of carbonyl (C=O) groups excluding carboxylic acids is 1. The molecule has 9 heteroatoms. The fourth-order valence-corrected chi connectivity index (χ4v) is 7.03. The van der Waals surface area contributed by atoms with Crippen LogP contribution in [0.2, 0.25) is 0 Å². The summed E-state index contributed by atoms with van der Waals surface area (Å²) in [4.78, 5) is 26.2. The number of aliphatic hydroxyl groups excluding tert-OH is 1. The molecule has 0 amide bonds. The smallest absolute Gasteiger partial charge is 0.307 e. The average Bonchev–Trinajstić information content (AvgIpc) is 3.50. The number of carbonyl (C=O) groups is 1. The van der Waals surface area contributed by atoms with Crippen LogP contribution in [-0.2, 0) is 16.1 Å². The molecule has 2 atom stereocenters. The zero-order valence-electron chi connectivity index (χ0n) is 27.9. The molecular weight excluding hydrogens is 590 g/mol. The first kappa shape index (κ1) is 32.9. The van der Waals surface area contributed by atoms with Gasteiger partial charge in [-0.15, -0.1) is 0 Å². The van der Waals surface area contributed by atoms with Crippen molar-refractivity contribution in [3.8, 4) is 16.9 Å². The van der Waals surface area contributed by atoms with Crippen molar-refractivity contribution >= 4 is 28.4 Å². The van der Waals surface area contributed by atoms with Crippen LogP contribution in [0.3, 0.4) is 0 Å². The Morgan fingerprint density at radius 1 is 1.02 bits per heavy atom. The zero-order valence-corrected chi connectivity index (χ0v) is 27.9. The minimum absolute atomic E-state index is 0.151. The lowest BCUT2D eigenvalue weighted by Gasteiger charge is -2.35. The Bertz CT molecular complexity index is 1690. The van der Waals surface area contributed by atoms with E-state index >= 15 is 0 Å². The highest BCUT2D eigenvalue weighted by Gasteiger charge is 2.25. The summed E-state index contributed by atoms with van der Waals surface area (Å²) in [5.41, 5.74) is 7.44. The number of β-amino-alcohol motifs (C(OH)–C–C–N with tert-alkyl or cyclic N) is 1. The Kier molecular flexibility index (Phi) is 10.7. The topological polar surface area (TPSA) is 100 Å². The number of methoxy groups -OCH3 is 1. The van der Waals surface area contributed by atoms with Crippen molar-refractivity contribution in [2.45, 2.75) is 71.1 Å². The molecule has 0 spiro atoms. The Morgan fingerprint density at radius 2 is 1.85 bits per heavy atom. The Morgan fingerprint density at radius 3 is 2.66 bits per heavy atom. The molecule has 248 valence electrons. The molecule has 2 N–H and O–H groups in total. The molecule has 0 aliphatic carbocycles. The van der Waals surface area contributed by atoms with Gasteiger partial charge in [0.05, 0.1) is 26.2 Å². The lowest BCUT2D eigenvalue weighted by molar-refractivity contribution is -0.142. The van der Waals surface area contributed by atoms with Crippen molar-refractivity contribution in [3.05, 3.63) is 77.6 Å². The quantitative estimate of drug-likeness (QED) is 0.135. The largest absolute Gasteiger partial charge is 0.493 e. The third-order valence-electron chi connectivity index (χ3n) is 9.71. The zero-order chi connectivity index (χ0) is 32.8. The van der Waals surface area contributed by atoms with Crippen molar-refractivity contribution in [1.82, 2.24) is 19.8 Å². The van der Waals surface area contributed by atoms with Crippen molar-refractivity contribution in [2.24, 2.45) is 0 Å². The number of ether oxygens (including phenoxy) is 2. The minimum atomic E-state index is -0.187. The van der Waals surface area contributed by atoms with Gasteiger partial charge >= 0.3 is 5.97 Å². The summed E-state index contributed by atoms with van der Waals surface area (Å²) >= 11 is 0. The van der Waals surface area contributed by atoms with E-state index in [9.17, 15) is 9.90 Å². The van der Waals surface area contributed by atoms with Gasteiger partial charge in [0.1, 0.15) is 11.3 Å². The van der Waals surface area contributed by atoms with Crippen molar-refractivity contribution in [1.29, 1.82) is 0 Å². The van der Waals surface area contributed by atoms with Crippen LogP contribution in [0.4, 0.5) is 11.5 Å². The van der Waals surface area contributed by atoms with E-state index in [4.69, 9.17) is 14.5 Å². The number of aliphatic hydroxyl groups is 1. The number of piperidine rings is 1. The summed E-state index contributed by atoms with van der Waals surface area (Å²) in [7, 11) is 1.46. The van der Waals surface area contributed by atoms with Gasteiger partial charge in [-0.05, 0) is 98.2 Å². The molecule has 4 aromatic rings. The highest BCUT2D eigenvalue weighted by molar-refractivity contribution is 5.91. The number of pyridine rings is 2. The summed E-state index contributed by atoms with van der Waals surface area (Å²) < 4.78 is 11.2. The molecule has 2 aromatic carbocycles. The van der Waals surface area contributed by atoms with E-state index in [1.807, 2.05) is 24.5 Å². The Labute approximate surface area is 277 Å². The van der Waals surface area contributed by atoms with Crippen LogP contribution in [0.25, 0.3) is 22.0 Å². The van der Waals surface area contributed by atoms with E-state index in [-0.39, 0.29) is 18.1 Å². The maximum atomic E-state index is 12.0. The van der Waals surface area contributed by atoms with E-state index in [1.165, 1.54) is 7.11 Å². The molecule has 0 bridgehead atoms. The van der Waals surface area contributed by atoms with Gasteiger partial charge in [-0.2, -0.15) is 0 Å². The summed E-state index contributed by atoms with van der Waals surface area (Å²) in [5.74, 6) is 1.47. The van der Waals surface area contributed by atoms with Crippen LogP contribution < -0.4 is 10.1 Å². The fraction of sp³-hybridized carbons (Fsp3) is 0.447. The summed E-state index contributed by atoms with van der Waals surface area (Å²) in [6.07, 6.45) is 9.08. The van der Waals surface area contributed by atoms with E-state index in [0.717, 1.165) is 121 Å².